The van der Waals surface area contributed by atoms with Crippen LogP contribution in [0.15, 0.2) is 18.2 Å². The van der Waals surface area contributed by atoms with Crippen LogP contribution >= 0.6 is 0 Å². The minimum absolute atomic E-state index is 0.0146. The molecule has 0 atom stereocenters. The molecule has 0 aliphatic heterocycles. The lowest BCUT2D eigenvalue weighted by molar-refractivity contribution is 0.0695. The molecule has 0 saturated heterocycles. The average Bonchev–Trinajstić information content (AvgIpc) is 2.42. The molecule has 0 heterocycles. The number of benzene rings is 1. The molecule has 104 valence electrons. The number of rotatable bonds is 3. The van der Waals surface area contributed by atoms with Crippen LogP contribution in [-0.2, 0) is 0 Å². The van der Waals surface area contributed by atoms with Gasteiger partial charge < -0.3 is 5.73 Å². The van der Waals surface area contributed by atoms with Crippen LogP contribution in [0, 0.1) is 24.1 Å². The minimum Gasteiger partial charge on any atom is -0.329 e. The van der Waals surface area contributed by atoms with Crippen molar-refractivity contribution in [2.75, 3.05) is 6.54 Å². The van der Waals surface area contributed by atoms with Gasteiger partial charge in [-0.3, -0.25) is 4.79 Å². The maximum Gasteiger partial charge on any atom is 0.170 e. The zero-order chi connectivity index (χ0) is 14.0. The normalized spacial score (nSPS) is 27.3. The molecule has 19 heavy (non-hydrogen) atoms. The molecule has 1 saturated carbocycles. The molecule has 2 rings (SSSR count). The summed E-state index contributed by atoms with van der Waals surface area (Å²) < 4.78 is 13.6. The molecule has 0 unspecified atom stereocenters. The van der Waals surface area contributed by atoms with E-state index in [1.807, 2.05) is 0 Å². The first-order valence-electron chi connectivity index (χ1n) is 6.99. The highest BCUT2D eigenvalue weighted by atomic mass is 19.1. The van der Waals surface area contributed by atoms with E-state index >= 15 is 0 Å². The van der Waals surface area contributed by atoms with E-state index in [-0.39, 0.29) is 11.6 Å². The summed E-state index contributed by atoms with van der Waals surface area (Å²) in [7, 11) is 0. The van der Waals surface area contributed by atoms with Gasteiger partial charge in [0.05, 0.1) is 0 Å². The van der Waals surface area contributed by atoms with Crippen LogP contribution < -0.4 is 5.73 Å². The van der Waals surface area contributed by atoms with Gasteiger partial charge in [-0.25, -0.2) is 4.39 Å². The van der Waals surface area contributed by atoms with E-state index in [4.69, 9.17) is 5.73 Å². The topological polar surface area (TPSA) is 43.1 Å². The number of carbonyl (C=O) groups excluding carboxylic acids is 1. The van der Waals surface area contributed by atoms with Crippen LogP contribution in [0.25, 0.3) is 0 Å². The zero-order valence-electron chi connectivity index (χ0n) is 11.7. The van der Waals surface area contributed by atoms with Gasteiger partial charge in [-0.1, -0.05) is 19.1 Å². The second-order valence-electron chi connectivity index (χ2n) is 5.96. The number of nitrogens with two attached hydrogens (primary N) is 1. The van der Waals surface area contributed by atoms with Crippen molar-refractivity contribution in [2.24, 2.45) is 17.1 Å². The number of ketones is 1. The summed E-state index contributed by atoms with van der Waals surface area (Å²) in [5.74, 6) is 0.352. The lowest BCUT2D eigenvalue weighted by Gasteiger charge is -2.37. The van der Waals surface area contributed by atoms with Gasteiger partial charge in [-0.05, 0) is 50.2 Å². The predicted molar refractivity (Wildman–Crippen MR) is 74.6 cm³/mol. The Kier molecular flexibility index (Phi) is 4.04. The third kappa shape index (κ3) is 2.71. The molecule has 0 amide bonds. The van der Waals surface area contributed by atoms with Crippen LogP contribution in [0.3, 0.4) is 0 Å². The fraction of sp³-hybridized carbons (Fsp3) is 0.562. The molecule has 2 nitrogen and oxygen atoms in total. The number of hydrogen-bond donors (Lipinski definition) is 1. The first-order chi connectivity index (χ1) is 8.98. The minimum atomic E-state index is -0.478. The smallest absolute Gasteiger partial charge is 0.170 e. The molecule has 1 aromatic carbocycles. The molecule has 1 fully saturated rings. The Labute approximate surface area is 114 Å². The van der Waals surface area contributed by atoms with Crippen molar-refractivity contribution in [3.8, 4) is 0 Å². The Bertz CT molecular complexity index is 476. The number of carbonyl (C=O) groups is 1. The van der Waals surface area contributed by atoms with E-state index in [0.717, 1.165) is 25.7 Å². The molecular formula is C16H22FNO. The summed E-state index contributed by atoms with van der Waals surface area (Å²) >= 11 is 0. The van der Waals surface area contributed by atoms with Crippen LogP contribution in [-0.4, -0.2) is 12.3 Å². The second-order valence-corrected chi connectivity index (χ2v) is 5.96. The summed E-state index contributed by atoms with van der Waals surface area (Å²) in [5, 5.41) is 0. The average molecular weight is 263 g/mol. The molecular weight excluding hydrogens is 241 g/mol. The first-order valence-corrected chi connectivity index (χ1v) is 6.99. The van der Waals surface area contributed by atoms with Crippen molar-refractivity contribution in [3.63, 3.8) is 0 Å². The highest BCUT2D eigenvalue weighted by Gasteiger charge is 2.40. The first kappa shape index (κ1) is 14.2. The van der Waals surface area contributed by atoms with Gasteiger partial charge in [-0.2, -0.15) is 0 Å². The molecule has 1 aliphatic rings. The van der Waals surface area contributed by atoms with E-state index in [1.54, 1.807) is 19.1 Å². The van der Waals surface area contributed by atoms with Crippen molar-refractivity contribution in [3.05, 3.63) is 35.1 Å². The van der Waals surface area contributed by atoms with Gasteiger partial charge in [0.2, 0.25) is 0 Å². The Morgan fingerprint density at radius 3 is 2.58 bits per heavy atom. The van der Waals surface area contributed by atoms with Gasteiger partial charge >= 0.3 is 0 Å². The van der Waals surface area contributed by atoms with Crippen LogP contribution in [0.5, 0.6) is 0 Å². The summed E-state index contributed by atoms with van der Waals surface area (Å²) in [4.78, 5) is 12.7. The summed E-state index contributed by atoms with van der Waals surface area (Å²) in [6, 6.07) is 4.74. The maximum absolute atomic E-state index is 13.6. The van der Waals surface area contributed by atoms with Crippen molar-refractivity contribution in [1.29, 1.82) is 0 Å². The summed E-state index contributed by atoms with van der Waals surface area (Å²) in [6.45, 7) is 4.26. The van der Waals surface area contributed by atoms with Gasteiger partial charge in [0.1, 0.15) is 5.82 Å². The standard InChI is InChI=1S/C16H22FNO/c1-11-5-7-16(10-18,8-6-11)15(19)13-4-3-12(2)14(17)9-13/h3-4,9,11H,5-8,10,18H2,1-2H3. The Balaban J connectivity index is 2.28. The third-order valence-electron chi connectivity index (χ3n) is 4.54. The van der Waals surface area contributed by atoms with Crippen LogP contribution in [0.1, 0.15) is 48.5 Å². The van der Waals surface area contributed by atoms with Crippen molar-refractivity contribution < 1.29 is 9.18 Å². The third-order valence-corrected chi connectivity index (χ3v) is 4.54. The van der Waals surface area contributed by atoms with E-state index in [1.165, 1.54) is 6.07 Å². The molecule has 1 aliphatic carbocycles. The summed E-state index contributed by atoms with van der Waals surface area (Å²) in [5.41, 5.74) is 6.42. The number of aryl methyl sites for hydroxylation is 1. The van der Waals surface area contributed by atoms with Crippen molar-refractivity contribution in [2.45, 2.75) is 39.5 Å². The molecule has 1 aromatic rings. The Morgan fingerprint density at radius 2 is 2.05 bits per heavy atom. The molecule has 0 bridgehead atoms. The van der Waals surface area contributed by atoms with Crippen molar-refractivity contribution >= 4 is 5.78 Å². The molecule has 2 N–H and O–H groups in total. The largest absolute Gasteiger partial charge is 0.329 e. The zero-order valence-corrected chi connectivity index (χ0v) is 11.7. The Hall–Kier alpha value is -1.22. The molecule has 0 aromatic heterocycles. The second kappa shape index (κ2) is 5.41. The number of hydrogen-bond acceptors (Lipinski definition) is 2. The van der Waals surface area contributed by atoms with Crippen LogP contribution in [0.4, 0.5) is 4.39 Å². The van der Waals surface area contributed by atoms with Crippen molar-refractivity contribution in [1.82, 2.24) is 0 Å². The highest BCUT2D eigenvalue weighted by Crippen LogP contribution is 2.40. The van der Waals surface area contributed by atoms with E-state index in [9.17, 15) is 9.18 Å². The number of Topliss-reactive ketones (excluding diaryl/α,β-unsaturated/α-hetero) is 1. The lowest BCUT2D eigenvalue weighted by atomic mass is 9.67. The Morgan fingerprint density at radius 1 is 1.42 bits per heavy atom. The monoisotopic (exact) mass is 263 g/mol. The van der Waals surface area contributed by atoms with E-state index in [0.29, 0.717) is 23.6 Å². The molecule has 0 spiro atoms. The fourth-order valence-electron chi connectivity index (χ4n) is 2.88. The highest BCUT2D eigenvalue weighted by molar-refractivity contribution is 6.00. The van der Waals surface area contributed by atoms with Gasteiger partial charge in [0, 0.05) is 17.5 Å². The lowest BCUT2D eigenvalue weighted by Crippen LogP contribution is -2.41. The SMILES string of the molecule is Cc1ccc(C(=O)C2(CN)CCC(C)CC2)cc1F. The maximum atomic E-state index is 13.6. The quantitative estimate of drug-likeness (QED) is 0.848. The van der Waals surface area contributed by atoms with Gasteiger partial charge in [0.15, 0.2) is 5.78 Å². The van der Waals surface area contributed by atoms with E-state index < -0.39 is 5.41 Å². The number of halogens is 1. The molecule has 0 radical (unpaired) electrons. The predicted octanol–water partition coefficient (Wildman–Crippen LogP) is 3.47. The van der Waals surface area contributed by atoms with Crippen LogP contribution in [0.2, 0.25) is 0 Å². The molecule has 3 heteroatoms. The van der Waals surface area contributed by atoms with E-state index in [2.05, 4.69) is 6.92 Å². The fourth-order valence-corrected chi connectivity index (χ4v) is 2.88. The summed E-state index contributed by atoms with van der Waals surface area (Å²) in [6.07, 6.45) is 3.69. The van der Waals surface area contributed by atoms with Gasteiger partial charge in [0.25, 0.3) is 0 Å². The van der Waals surface area contributed by atoms with Gasteiger partial charge in [-0.15, -0.1) is 0 Å².